The minimum Gasteiger partial charge on any atom is -0.337 e. The van der Waals surface area contributed by atoms with Crippen molar-refractivity contribution in [3.8, 4) is 0 Å². The molecule has 33 heavy (non-hydrogen) atoms. The topological polar surface area (TPSA) is 88.2 Å². The third-order valence-electron chi connectivity index (χ3n) is 5.05. The summed E-state index contributed by atoms with van der Waals surface area (Å²) < 4.78 is 28.5. The first-order valence-corrected chi connectivity index (χ1v) is 11.3. The number of urea groups is 1. The fourth-order valence-corrected chi connectivity index (χ4v) is 4.71. The molecule has 0 unspecified atom stereocenters. The molecule has 0 saturated heterocycles. The summed E-state index contributed by atoms with van der Waals surface area (Å²) in [6, 6.07) is 11.4. The zero-order valence-electron chi connectivity index (χ0n) is 18.6. The lowest BCUT2D eigenvalue weighted by Gasteiger charge is -2.37. The van der Waals surface area contributed by atoms with Crippen molar-refractivity contribution >= 4 is 28.8 Å². The van der Waals surface area contributed by atoms with Crippen LogP contribution in [-0.4, -0.2) is 40.7 Å². The number of amides is 2. The highest BCUT2D eigenvalue weighted by molar-refractivity contribution is 8.15. The van der Waals surface area contributed by atoms with E-state index in [1.165, 1.54) is 7.05 Å². The molecule has 176 valence electrons. The molecule has 0 aromatic heterocycles. The van der Waals surface area contributed by atoms with Gasteiger partial charge in [-0.2, -0.15) is 15.2 Å². The van der Waals surface area contributed by atoms with Crippen LogP contribution in [0.4, 0.5) is 13.6 Å². The van der Waals surface area contributed by atoms with E-state index in [2.05, 4.69) is 5.10 Å². The molecule has 1 heterocycles. The van der Waals surface area contributed by atoms with Gasteiger partial charge in [0, 0.05) is 5.56 Å². The van der Waals surface area contributed by atoms with E-state index in [0.29, 0.717) is 19.4 Å². The third-order valence-corrected chi connectivity index (χ3v) is 6.50. The van der Waals surface area contributed by atoms with Crippen molar-refractivity contribution < 1.29 is 23.2 Å². The van der Waals surface area contributed by atoms with Gasteiger partial charge in [0.2, 0.25) is 0 Å². The SMILES string of the molecule is CC(C)C(=O)ON(C)C(=O)N1N=C(c2cc(F)ccc2F)S[C@@]1(CCCN)c1ccccc1. The summed E-state index contributed by atoms with van der Waals surface area (Å²) in [6.45, 7) is 3.63. The Balaban J connectivity index is 2.10. The van der Waals surface area contributed by atoms with Gasteiger partial charge in [-0.15, -0.1) is 0 Å². The molecule has 2 N–H and O–H groups in total. The van der Waals surface area contributed by atoms with Crippen molar-refractivity contribution in [1.82, 2.24) is 10.1 Å². The van der Waals surface area contributed by atoms with E-state index in [4.69, 9.17) is 10.6 Å². The number of nitrogens with two attached hydrogens (primary N) is 1. The number of thioether (sulfide) groups is 1. The van der Waals surface area contributed by atoms with Crippen LogP contribution in [-0.2, 0) is 14.5 Å². The van der Waals surface area contributed by atoms with Gasteiger partial charge in [0.15, 0.2) is 0 Å². The molecule has 0 aliphatic carbocycles. The average Bonchev–Trinajstić information content (AvgIpc) is 3.19. The van der Waals surface area contributed by atoms with E-state index >= 15 is 0 Å². The second-order valence-corrected chi connectivity index (χ2v) is 9.10. The minimum atomic E-state index is -1.11. The van der Waals surface area contributed by atoms with Crippen LogP contribution in [0.1, 0.15) is 37.8 Å². The average molecular weight is 477 g/mol. The number of rotatable bonds is 6. The zero-order chi connectivity index (χ0) is 24.2. The number of halogens is 2. The Labute approximate surface area is 195 Å². The molecule has 10 heteroatoms. The van der Waals surface area contributed by atoms with Gasteiger partial charge < -0.3 is 10.6 Å². The van der Waals surface area contributed by atoms with Crippen molar-refractivity contribution in [3.05, 3.63) is 71.3 Å². The number of carbonyl (C=O) groups excluding carboxylic acids is 2. The molecule has 0 spiro atoms. The van der Waals surface area contributed by atoms with Crippen molar-refractivity contribution in [3.63, 3.8) is 0 Å². The smallest absolute Gasteiger partial charge is 0.337 e. The van der Waals surface area contributed by atoms with Gasteiger partial charge in [0.1, 0.15) is 21.5 Å². The fourth-order valence-electron chi connectivity index (χ4n) is 3.30. The highest BCUT2D eigenvalue weighted by atomic mass is 32.2. The molecule has 0 bridgehead atoms. The van der Waals surface area contributed by atoms with Crippen LogP contribution < -0.4 is 5.73 Å². The summed E-state index contributed by atoms with van der Waals surface area (Å²) in [5, 5.41) is 6.49. The zero-order valence-corrected chi connectivity index (χ0v) is 19.4. The highest BCUT2D eigenvalue weighted by Gasteiger charge is 2.50. The molecular weight excluding hydrogens is 450 g/mol. The summed E-state index contributed by atoms with van der Waals surface area (Å²) in [5.41, 5.74) is 6.43. The Morgan fingerprint density at radius 2 is 1.91 bits per heavy atom. The van der Waals surface area contributed by atoms with E-state index in [1.54, 1.807) is 13.8 Å². The lowest BCUT2D eigenvalue weighted by molar-refractivity contribution is -0.178. The molecule has 1 atom stereocenters. The Morgan fingerprint density at radius 1 is 1.21 bits per heavy atom. The van der Waals surface area contributed by atoms with Crippen LogP contribution in [0.25, 0.3) is 0 Å². The molecular formula is C23H26F2N4O3S. The Kier molecular flexibility index (Phi) is 7.70. The van der Waals surface area contributed by atoms with Gasteiger partial charge in [-0.25, -0.2) is 18.4 Å². The first kappa shape index (κ1) is 24.7. The molecule has 2 aromatic rings. The van der Waals surface area contributed by atoms with Gasteiger partial charge >= 0.3 is 12.0 Å². The van der Waals surface area contributed by atoms with E-state index in [0.717, 1.165) is 45.6 Å². The van der Waals surface area contributed by atoms with Crippen LogP contribution >= 0.6 is 11.8 Å². The largest absolute Gasteiger partial charge is 0.375 e. The monoisotopic (exact) mass is 476 g/mol. The second kappa shape index (κ2) is 10.3. The van der Waals surface area contributed by atoms with Gasteiger partial charge in [-0.05, 0) is 43.1 Å². The van der Waals surface area contributed by atoms with Crippen LogP contribution in [0.3, 0.4) is 0 Å². The molecule has 2 aromatic carbocycles. The number of hydroxylamine groups is 2. The van der Waals surface area contributed by atoms with Crippen LogP contribution in [0.5, 0.6) is 0 Å². The minimum absolute atomic E-state index is 0.0646. The van der Waals surface area contributed by atoms with Crippen molar-refractivity contribution in [2.24, 2.45) is 16.8 Å². The van der Waals surface area contributed by atoms with E-state index in [9.17, 15) is 18.4 Å². The molecule has 0 radical (unpaired) electrons. The molecule has 0 saturated carbocycles. The van der Waals surface area contributed by atoms with Gasteiger partial charge in [0.25, 0.3) is 0 Å². The molecule has 0 fully saturated rings. The highest BCUT2D eigenvalue weighted by Crippen LogP contribution is 2.50. The number of benzene rings is 2. The van der Waals surface area contributed by atoms with Crippen LogP contribution in [0.2, 0.25) is 0 Å². The van der Waals surface area contributed by atoms with E-state index < -0.39 is 34.4 Å². The summed E-state index contributed by atoms with van der Waals surface area (Å²) in [5.74, 6) is -2.35. The summed E-state index contributed by atoms with van der Waals surface area (Å²) >= 11 is 1.13. The number of hydrazone groups is 1. The van der Waals surface area contributed by atoms with Gasteiger partial charge in [0.05, 0.1) is 13.0 Å². The first-order valence-electron chi connectivity index (χ1n) is 10.5. The number of hydrogen-bond acceptors (Lipinski definition) is 6. The molecule has 1 aliphatic heterocycles. The Morgan fingerprint density at radius 3 is 2.55 bits per heavy atom. The van der Waals surface area contributed by atoms with Crippen molar-refractivity contribution in [2.45, 2.75) is 31.6 Å². The fraction of sp³-hybridized carbons (Fsp3) is 0.348. The standard InChI is InChI=1S/C23H26F2N4O3S/c1-15(2)21(30)32-28(3)22(31)29-23(12-7-13-26,16-8-5-4-6-9-16)33-20(27-29)18-14-17(24)10-11-19(18)25/h4-6,8-11,14-15H,7,12-13,26H2,1-3H3/t23-/m0/s1. The Hall–Kier alpha value is -2.98. The van der Waals surface area contributed by atoms with E-state index in [-0.39, 0.29) is 10.6 Å². The van der Waals surface area contributed by atoms with Crippen LogP contribution in [0.15, 0.2) is 53.6 Å². The second-order valence-electron chi connectivity index (χ2n) is 7.83. The predicted molar refractivity (Wildman–Crippen MR) is 123 cm³/mol. The number of nitrogens with zero attached hydrogens (tertiary/aromatic N) is 3. The molecule has 1 aliphatic rings. The number of hydrogen-bond donors (Lipinski definition) is 1. The van der Waals surface area contributed by atoms with Gasteiger partial charge in [-0.3, -0.25) is 0 Å². The van der Waals surface area contributed by atoms with Crippen molar-refractivity contribution in [2.75, 3.05) is 13.6 Å². The lowest BCUT2D eigenvalue weighted by Crippen LogP contribution is -2.48. The summed E-state index contributed by atoms with van der Waals surface area (Å²) in [7, 11) is 1.31. The molecule has 3 rings (SSSR count). The maximum absolute atomic E-state index is 14.6. The maximum atomic E-state index is 14.6. The first-order chi connectivity index (χ1) is 15.7. The summed E-state index contributed by atoms with van der Waals surface area (Å²) in [4.78, 5) is 29.6. The maximum Gasteiger partial charge on any atom is 0.375 e. The van der Waals surface area contributed by atoms with Crippen LogP contribution in [0, 0.1) is 17.6 Å². The quantitative estimate of drug-likeness (QED) is 0.623. The van der Waals surface area contributed by atoms with Gasteiger partial charge in [-0.1, -0.05) is 55.9 Å². The molecule has 7 nitrogen and oxygen atoms in total. The van der Waals surface area contributed by atoms with Crippen molar-refractivity contribution in [1.29, 1.82) is 0 Å². The lowest BCUT2D eigenvalue weighted by atomic mass is 10.0. The third kappa shape index (κ3) is 5.17. The molecule has 2 amide bonds. The summed E-state index contributed by atoms with van der Waals surface area (Å²) in [6.07, 6.45) is 0.898. The Bertz CT molecular complexity index is 1050. The number of carbonyl (C=O) groups is 2. The predicted octanol–water partition coefficient (Wildman–Crippen LogP) is 4.43. The normalized spacial score (nSPS) is 17.8. The van der Waals surface area contributed by atoms with E-state index in [1.807, 2.05) is 30.3 Å².